The van der Waals surface area contributed by atoms with Gasteiger partial charge in [0.1, 0.15) is 15.8 Å². The number of carboxylic acid groups (broad SMARTS) is 1. The average Bonchev–Trinajstić information content (AvgIpc) is 3.44. The Morgan fingerprint density at radius 2 is 1.79 bits per heavy atom. The second kappa shape index (κ2) is 10.1. The van der Waals surface area contributed by atoms with E-state index in [-0.39, 0.29) is 11.9 Å². The third kappa shape index (κ3) is 4.86. The zero-order valence-electron chi connectivity index (χ0n) is 19.1. The summed E-state index contributed by atoms with van der Waals surface area (Å²) in [4.78, 5) is 26.7. The third-order valence-corrected chi connectivity index (χ3v) is 8.69. The van der Waals surface area contributed by atoms with E-state index < -0.39 is 11.9 Å². The molecular formula is C27H29NO4S2. The lowest BCUT2D eigenvalue weighted by Crippen LogP contribution is -2.42. The molecule has 2 aliphatic carbocycles. The van der Waals surface area contributed by atoms with E-state index in [0.29, 0.717) is 33.7 Å². The molecule has 1 aliphatic heterocycles. The number of carboxylic acids is 1. The predicted molar refractivity (Wildman–Crippen MR) is 138 cm³/mol. The monoisotopic (exact) mass is 495 g/mol. The SMILES string of the molecule is O=C(O)C1CCCC(N2C(=O)C(=Cc3ccc(-c4ccc(C5CCCCC5)cc4)o3)SC2=S)C1. The van der Waals surface area contributed by atoms with Gasteiger partial charge in [-0.2, -0.15) is 0 Å². The maximum absolute atomic E-state index is 13.1. The molecule has 178 valence electrons. The number of rotatable bonds is 5. The quantitative estimate of drug-likeness (QED) is 0.362. The van der Waals surface area contributed by atoms with Gasteiger partial charge in [0.25, 0.3) is 5.91 Å². The molecule has 2 heterocycles. The van der Waals surface area contributed by atoms with Gasteiger partial charge in [-0.3, -0.25) is 14.5 Å². The molecule has 0 radical (unpaired) electrons. The molecule has 5 nitrogen and oxygen atoms in total. The second-order valence-corrected chi connectivity index (χ2v) is 11.2. The molecule has 0 bridgehead atoms. The van der Waals surface area contributed by atoms with Crippen molar-refractivity contribution in [2.24, 2.45) is 5.92 Å². The molecule has 2 atom stereocenters. The van der Waals surface area contributed by atoms with Crippen molar-refractivity contribution in [1.29, 1.82) is 0 Å². The molecule has 2 unspecified atom stereocenters. The Labute approximate surface area is 209 Å². The summed E-state index contributed by atoms with van der Waals surface area (Å²) in [5.74, 6) is 0.699. The molecule has 1 aromatic heterocycles. The molecule has 3 fully saturated rings. The Bertz CT molecular complexity index is 1110. The second-order valence-electron chi connectivity index (χ2n) is 9.57. The lowest BCUT2D eigenvalue weighted by Gasteiger charge is -2.32. The Morgan fingerprint density at radius 1 is 1.03 bits per heavy atom. The van der Waals surface area contributed by atoms with Gasteiger partial charge < -0.3 is 9.52 Å². The smallest absolute Gasteiger partial charge is 0.306 e. The van der Waals surface area contributed by atoms with Gasteiger partial charge in [0.2, 0.25) is 0 Å². The number of hydrogen-bond acceptors (Lipinski definition) is 5. The zero-order valence-corrected chi connectivity index (χ0v) is 20.7. The van der Waals surface area contributed by atoms with Crippen LogP contribution in [-0.4, -0.2) is 32.2 Å². The Kier molecular flexibility index (Phi) is 6.93. The molecule has 1 aromatic carbocycles. The summed E-state index contributed by atoms with van der Waals surface area (Å²) in [7, 11) is 0. The standard InChI is InChI=1S/C27H29NO4S2/c29-25-24(34-27(33)28(25)21-8-4-7-20(15-21)26(30)31)16-22-13-14-23(32-22)19-11-9-18(10-12-19)17-5-2-1-3-6-17/h9-14,16-17,20-21H,1-8,15H2,(H,30,31). The summed E-state index contributed by atoms with van der Waals surface area (Å²) in [5.41, 5.74) is 2.43. The lowest BCUT2D eigenvalue weighted by atomic mass is 9.84. The molecule has 2 saturated carbocycles. The molecule has 3 aliphatic rings. The largest absolute Gasteiger partial charge is 0.481 e. The highest BCUT2D eigenvalue weighted by atomic mass is 32.2. The molecule has 5 rings (SSSR count). The zero-order chi connectivity index (χ0) is 23.7. The normalized spacial score (nSPS) is 25.3. The lowest BCUT2D eigenvalue weighted by molar-refractivity contribution is -0.144. The highest BCUT2D eigenvalue weighted by Crippen LogP contribution is 2.39. The van der Waals surface area contributed by atoms with Crippen LogP contribution in [0.5, 0.6) is 0 Å². The first-order valence-corrected chi connectivity index (χ1v) is 13.4. The van der Waals surface area contributed by atoms with E-state index in [0.717, 1.165) is 24.2 Å². The first kappa shape index (κ1) is 23.4. The number of thiocarbonyl (C=S) groups is 1. The fraction of sp³-hybridized carbons (Fsp3) is 0.444. The Morgan fingerprint density at radius 3 is 2.53 bits per heavy atom. The topological polar surface area (TPSA) is 70.8 Å². The van der Waals surface area contributed by atoms with Gasteiger partial charge in [-0.05, 0) is 55.7 Å². The van der Waals surface area contributed by atoms with E-state index >= 15 is 0 Å². The van der Waals surface area contributed by atoms with Crippen LogP contribution in [-0.2, 0) is 9.59 Å². The number of nitrogens with zero attached hydrogens (tertiary/aromatic N) is 1. The fourth-order valence-electron chi connectivity index (χ4n) is 5.49. The first-order valence-electron chi connectivity index (χ1n) is 12.2. The van der Waals surface area contributed by atoms with Gasteiger partial charge in [-0.25, -0.2) is 0 Å². The average molecular weight is 496 g/mol. The van der Waals surface area contributed by atoms with E-state index in [1.165, 1.54) is 49.4 Å². The highest BCUT2D eigenvalue weighted by molar-refractivity contribution is 8.26. The maximum Gasteiger partial charge on any atom is 0.306 e. The summed E-state index contributed by atoms with van der Waals surface area (Å²) in [6.07, 6.45) is 11.0. The molecule has 1 amide bonds. The molecule has 2 aromatic rings. The van der Waals surface area contributed by atoms with Crippen LogP contribution in [0.15, 0.2) is 45.7 Å². The van der Waals surface area contributed by atoms with Gasteiger partial charge in [0.05, 0.1) is 10.8 Å². The van der Waals surface area contributed by atoms with Crippen molar-refractivity contribution in [3.05, 3.63) is 52.6 Å². The van der Waals surface area contributed by atoms with Crippen LogP contribution in [0.1, 0.15) is 75.0 Å². The van der Waals surface area contributed by atoms with Crippen molar-refractivity contribution >= 4 is 46.3 Å². The third-order valence-electron chi connectivity index (χ3n) is 7.36. The summed E-state index contributed by atoms with van der Waals surface area (Å²) >= 11 is 6.76. The van der Waals surface area contributed by atoms with Crippen LogP contribution in [0.2, 0.25) is 0 Å². The van der Waals surface area contributed by atoms with Crippen LogP contribution in [0.25, 0.3) is 17.4 Å². The van der Waals surface area contributed by atoms with Crippen LogP contribution in [0.3, 0.4) is 0 Å². The molecular weight excluding hydrogens is 466 g/mol. The van der Waals surface area contributed by atoms with Crippen molar-refractivity contribution in [3.8, 4) is 11.3 Å². The van der Waals surface area contributed by atoms with Crippen LogP contribution >= 0.6 is 24.0 Å². The van der Waals surface area contributed by atoms with Gasteiger partial charge in [-0.1, -0.05) is 73.9 Å². The number of carbonyl (C=O) groups is 2. The minimum absolute atomic E-state index is 0.150. The number of thioether (sulfide) groups is 1. The van der Waals surface area contributed by atoms with E-state index in [9.17, 15) is 14.7 Å². The van der Waals surface area contributed by atoms with E-state index in [1.54, 1.807) is 11.0 Å². The number of furan rings is 1. The number of benzene rings is 1. The van der Waals surface area contributed by atoms with E-state index in [2.05, 4.69) is 24.3 Å². The summed E-state index contributed by atoms with van der Waals surface area (Å²) in [6.45, 7) is 0. The van der Waals surface area contributed by atoms with Crippen LogP contribution < -0.4 is 0 Å². The van der Waals surface area contributed by atoms with E-state index in [4.69, 9.17) is 16.6 Å². The molecule has 7 heteroatoms. The van der Waals surface area contributed by atoms with Crippen molar-refractivity contribution in [2.75, 3.05) is 0 Å². The minimum Gasteiger partial charge on any atom is -0.481 e. The predicted octanol–water partition coefficient (Wildman–Crippen LogP) is 6.84. The van der Waals surface area contributed by atoms with Crippen LogP contribution in [0.4, 0.5) is 0 Å². The number of hydrogen-bond donors (Lipinski definition) is 1. The van der Waals surface area contributed by atoms with Crippen molar-refractivity contribution in [3.63, 3.8) is 0 Å². The number of amides is 1. The number of carbonyl (C=O) groups excluding carboxylic acids is 1. The summed E-state index contributed by atoms with van der Waals surface area (Å²) in [6, 6.07) is 12.3. The van der Waals surface area contributed by atoms with Crippen molar-refractivity contribution in [2.45, 2.75) is 69.7 Å². The van der Waals surface area contributed by atoms with Crippen molar-refractivity contribution < 1.29 is 19.1 Å². The Balaban J connectivity index is 1.28. The van der Waals surface area contributed by atoms with Crippen molar-refractivity contribution in [1.82, 2.24) is 4.90 Å². The first-order chi connectivity index (χ1) is 16.5. The van der Waals surface area contributed by atoms with Gasteiger partial charge in [-0.15, -0.1) is 0 Å². The van der Waals surface area contributed by atoms with Gasteiger partial charge >= 0.3 is 5.97 Å². The molecule has 34 heavy (non-hydrogen) atoms. The fourth-order valence-corrected chi connectivity index (χ4v) is 6.87. The highest BCUT2D eigenvalue weighted by Gasteiger charge is 2.40. The summed E-state index contributed by atoms with van der Waals surface area (Å²) in [5, 5.41) is 9.39. The van der Waals surface area contributed by atoms with Gasteiger partial charge in [0.15, 0.2) is 0 Å². The minimum atomic E-state index is -0.791. The molecule has 1 saturated heterocycles. The molecule has 0 spiro atoms. The number of aliphatic carboxylic acids is 1. The maximum atomic E-state index is 13.1. The van der Waals surface area contributed by atoms with Gasteiger partial charge in [0, 0.05) is 17.7 Å². The summed E-state index contributed by atoms with van der Waals surface area (Å²) < 4.78 is 6.55. The Hall–Kier alpha value is -2.38. The molecule has 1 N–H and O–H groups in total. The van der Waals surface area contributed by atoms with E-state index in [1.807, 2.05) is 12.1 Å². The van der Waals surface area contributed by atoms with Crippen LogP contribution in [0, 0.1) is 5.92 Å².